The summed E-state index contributed by atoms with van der Waals surface area (Å²) in [7, 11) is 0. The number of alkyl carbamates (subject to hydrolysis) is 1. The molecular formula is C14H25N3O6. The van der Waals surface area contributed by atoms with Crippen LogP contribution in [0.15, 0.2) is 0 Å². The van der Waals surface area contributed by atoms with Gasteiger partial charge in [0.1, 0.15) is 17.7 Å². The van der Waals surface area contributed by atoms with Gasteiger partial charge in [-0.05, 0) is 34.6 Å². The van der Waals surface area contributed by atoms with E-state index in [9.17, 15) is 19.2 Å². The van der Waals surface area contributed by atoms with Crippen LogP contribution in [0, 0.1) is 0 Å². The van der Waals surface area contributed by atoms with Gasteiger partial charge >= 0.3 is 12.1 Å². The SMILES string of the molecule is CCOC(=O)[C@H](CC(N)=O)NC(=O)[C@H](C)NC(=O)OC(C)(C)C. The minimum absolute atomic E-state index is 0.0929. The Morgan fingerprint density at radius 3 is 2.13 bits per heavy atom. The van der Waals surface area contributed by atoms with Crippen molar-refractivity contribution in [3.63, 3.8) is 0 Å². The summed E-state index contributed by atoms with van der Waals surface area (Å²) in [5.74, 6) is -2.21. The van der Waals surface area contributed by atoms with Gasteiger partial charge in [-0.15, -0.1) is 0 Å². The maximum absolute atomic E-state index is 12.0. The molecule has 0 aliphatic rings. The zero-order valence-corrected chi connectivity index (χ0v) is 14.1. The van der Waals surface area contributed by atoms with Crippen LogP contribution in [-0.4, -0.2) is 48.2 Å². The maximum atomic E-state index is 12.0. The van der Waals surface area contributed by atoms with Gasteiger partial charge in [0.05, 0.1) is 13.0 Å². The molecule has 0 fully saturated rings. The largest absolute Gasteiger partial charge is 0.464 e. The molecule has 0 radical (unpaired) electrons. The molecule has 0 unspecified atom stereocenters. The summed E-state index contributed by atoms with van der Waals surface area (Å²) in [4.78, 5) is 46.3. The Balaban J connectivity index is 4.68. The van der Waals surface area contributed by atoms with E-state index in [0.29, 0.717) is 0 Å². The number of ether oxygens (including phenoxy) is 2. The van der Waals surface area contributed by atoms with E-state index in [1.54, 1.807) is 27.7 Å². The third-order valence-corrected chi connectivity index (χ3v) is 2.42. The van der Waals surface area contributed by atoms with Crippen molar-refractivity contribution in [2.75, 3.05) is 6.61 Å². The van der Waals surface area contributed by atoms with Crippen molar-refractivity contribution >= 4 is 23.9 Å². The molecular weight excluding hydrogens is 306 g/mol. The van der Waals surface area contributed by atoms with E-state index in [2.05, 4.69) is 10.6 Å². The van der Waals surface area contributed by atoms with E-state index in [1.807, 2.05) is 0 Å². The Labute approximate surface area is 135 Å². The zero-order valence-electron chi connectivity index (χ0n) is 14.1. The summed E-state index contributed by atoms with van der Waals surface area (Å²) in [6.07, 6.45) is -1.17. The minimum Gasteiger partial charge on any atom is -0.464 e. The summed E-state index contributed by atoms with van der Waals surface area (Å²) < 4.78 is 9.78. The van der Waals surface area contributed by atoms with E-state index in [1.165, 1.54) is 6.92 Å². The average Bonchev–Trinajstić information content (AvgIpc) is 2.34. The van der Waals surface area contributed by atoms with Crippen LogP contribution in [0.3, 0.4) is 0 Å². The van der Waals surface area contributed by atoms with Gasteiger partial charge in [0.15, 0.2) is 0 Å². The first-order valence-corrected chi connectivity index (χ1v) is 7.21. The lowest BCUT2D eigenvalue weighted by atomic mass is 10.2. The fourth-order valence-corrected chi connectivity index (χ4v) is 1.48. The van der Waals surface area contributed by atoms with Crippen molar-refractivity contribution in [3.8, 4) is 0 Å². The lowest BCUT2D eigenvalue weighted by molar-refractivity contribution is -0.148. The number of hydrogen-bond acceptors (Lipinski definition) is 6. The van der Waals surface area contributed by atoms with Crippen molar-refractivity contribution in [2.45, 2.75) is 58.7 Å². The molecule has 3 amide bonds. The van der Waals surface area contributed by atoms with Crippen LogP contribution in [0.5, 0.6) is 0 Å². The maximum Gasteiger partial charge on any atom is 0.408 e. The highest BCUT2D eigenvalue weighted by molar-refractivity contribution is 5.91. The van der Waals surface area contributed by atoms with Gasteiger partial charge in [-0.1, -0.05) is 0 Å². The predicted octanol–water partition coefficient (Wildman–Crippen LogP) is -0.177. The van der Waals surface area contributed by atoms with Gasteiger partial charge in [-0.2, -0.15) is 0 Å². The minimum atomic E-state index is -1.21. The second-order valence-corrected chi connectivity index (χ2v) is 5.85. The quantitative estimate of drug-likeness (QED) is 0.554. The van der Waals surface area contributed by atoms with Crippen molar-refractivity contribution in [1.82, 2.24) is 10.6 Å². The molecule has 2 atom stereocenters. The molecule has 0 aliphatic heterocycles. The fraction of sp³-hybridized carbons (Fsp3) is 0.714. The Morgan fingerprint density at radius 2 is 1.70 bits per heavy atom. The number of esters is 1. The Hall–Kier alpha value is -2.32. The van der Waals surface area contributed by atoms with Gasteiger partial charge in [0, 0.05) is 0 Å². The van der Waals surface area contributed by atoms with Crippen LogP contribution in [0.25, 0.3) is 0 Å². The molecule has 4 N–H and O–H groups in total. The Morgan fingerprint density at radius 1 is 1.13 bits per heavy atom. The van der Waals surface area contributed by atoms with E-state index >= 15 is 0 Å². The third-order valence-electron chi connectivity index (χ3n) is 2.42. The topological polar surface area (TPSA) is 137 Å². The molecule has 0 spiro atoms. The highest BCUT2D eigenvalue weighted by atomic mass is 16.6. The molecule has 0 aromatic heterocycles. The van der Waals surface area contributed by atoms with Crippen LogP contribution in [0.1, 0.15) is 41.0 Å². The summed E-state index contributed by atoms with van der Waals surface area (Å²) in [6, 6.07) is -2.18. The number of nitrogens with two attached hydrogens (primary N) is 1. The second kappa shape index (κ2) is 8.96. The number of amides is 3. The lowest BCUT2D eigenvalue weighted by Crippen LogP contribution is -2.52. The first-order chi connectivity index (χ1) is 10.5. The summed E-state index contributed by atoms with van der Waals surface area (Å²) in [6.45, 7) is 8.14. The molecule has 23 heavy (non-hydrogen) atoms. The van der Waals surface area contributed by atoms with Crippen molar-refractivity contribution in [1.29, 1.82) is 0 Å². The Bertz CT molecular complexity index is 458. The standard InChI is InChI=1S/C14H25N3O6/c1-6-22-12(20)9(7-10(15)18)17-11(19)8(2)16-13(21)23-14(3,4)5/h8-9H,6-7H2,1-5H3,(H2,15,18)(H,16,21)(H,17,19)/t8-,9-/m0/s1. The molecule has 0 aromatic rings. The summed E-state index contributed by atoms with van der Waals surface area (Å²) >= 11 is 0. The number of carbonyl (C=O) groups is 4. The highest BCUT2D eigenvalue weighted by Gasteiger charge is 2.27. The molecule has 0 saturated carbocycles. The summed E-state index contributed by atoms with van der Waals surface area (Å²) in [5.41, 5.74) is 4.33. The van der Waals surface area contributed by atoms with Crippen molar-refractivity contribution < 1.29 is 28.7 Å². The van der Waals surface area contributed by atoms with E-state index in [4.69, 9.17) is 15.2 Å². The van der Waals surface area contributed by atoms with Gasteiger partial charge in [0.25, 0.3) is 0 Å². The van der Waals surface area contributed by atoms with Crippen molar-refractivity contribution in [3.05, 3.63) is 0 Å². The van der Waals surface area contributed by atoms with Gasteiger partial charge < -0.3 is 25.8 Å². The molecule has 0 heterocycles. The number of rotatable bonds is 7. The van der Waals surface area contributed by atoms with Gasteiger partial charge in [-0.3, -0.25) is 9.59 Å². The van der Waals surface area contributed by atoms with E-state index < -0.39 is 48.0 Å². The van der Waals surface area contributed by atoms with Gasteiger partial charge in [0.2, 0.25) is 11.8 Å². The highest BCUT2D eigenvalue weighted by Crippen LogP contribution is 2.06. The number of primary amides is 1. The van der Waals surface area contributed by atoms with Gasteiger partial charge in [-0.25, -0.2) is 9.59 Å². The molecule has 0 aliphatic carbocycles. The van der Waals surface area contributed by atoms with Crippen LogP contribution in [-0.2, 0) is 23.9 Å². The molecule has 0 aromatic carbocycles. The zero-order chi connectivity index (χ0) is 18.2. The van der Waals surface area contributed by atoms with Crippen LogP contribution < -0.4 is 16.4 Å². The first kappa shape index (κ1) is 20.7. The predicted molar refractivity (Wildman–Crippen MR) is 81.2 cm³/mol. The molecule has 132 valence electrons. The molecule has 0 rings (SSSR count). The molecule has 0 saturated heterocycles. The van der Waals surface area contributed by atoms with Crippen LogP contribution in [0.2, 0.25) is 0 Å². The Kier molecular flexibility index (Phi) is 8.06. The average molecular weight is 331 g/mol. The third kappa shape index (κ3) is 9.33. The van der Waals surface area contributed by atoms with Crippen molar-refractivity contribution in [2.24, 2.45) is 5.73 Å². The molecule has 0 bridgehead atoms. The van der Waals surface area contributed by atoms with E-state index in [-0.39, 0.29) is 6.61 Å². The smallest absolute Gasteiger partial charge is 0.408 e. The number of hydrogen-bond donors (Lipinski definition) is 3. The monoisotopic (exact) mass is 331 g/mol. The van der Waals surface area contributed by atoms with E-state index in [0.717, 1.165) is 0 Å². The normalized spacial score (nSPS) is 13.4. The number of nitrogens with one attached hydrogen (secondary N) is 2. The summed E-state index contributed by atoms with van der Waals surface area (Å²) in [5, 5.41) is 4.64. The van der Waals surface area contributed by atoms with Crippen LogP contribution in [0.4, 0.5) is 4.79 Å². The molecule has 9 heteroatoms. The molecule has 9 nitrogen and oxygen atoms in total. The number of carbonyl (C=O) groups excluding carboxylic acids is 4. The second-order valence-electron chi connectivity index (χ2n) is 5.85. The van der Waals surface area contributed by atoms with Crippen LogP contribution >= 0.6 is 0 Å². The lowest BCUT2D eigenvalue weighted by Gasteiger charge is -2.23. The first-order valence-electron chi connectivity index (χ1n) is 7.21. The fourth-order valence-electron chi connectivity index (χ4n) is 1.48.